The van der Waals surface area contributed by atoms with Crippen LogP contribution in [0.5, 0.6) is 0 Å². The number of rotatable bonds is 3. The summed E-state index contributed by atoms with van der Waals surface area (Å²) in [7, 11) is 0. The number of hydrogen-bond acceptors (Lipinski definition) is 1. The summed E-state index contributed by atoms with van der Waals surface area (Å²) in [5.41, 5.74) is 0. The van der Waals surface area contributed by atoms with Crippen LogP contribution in [-0.2, 0) is 0 Å². The van der Waals surface area contributed by atoms with Crippen LogP contribution in [0.4, 0.5) is 4.48 Å². The first-order valence-electron chi connectivity index (χ1n) is 3.11. The average Bonchev–Trinajstić information content (AvgIpc) is 1.67. The lowest BCUT2D eigenvalue weighted by Gasteiger charge is -2.13. The molecule has 0 aliphatic carbocycles. The van der Waals surface area contributed by atoms with Crippen LogP contribution in [-0.4, -0.2) is 17.7 Å². The van der Waals surface area contributed by atoms with Gasteiger partial charge in [0.05, 0.1) is 0 Å². The van der Waals surface area contributed by atoms with Crippen molar-refractivity contribution in [2.24, 2.45) is 0 Å². The molecule has 50 valence electrons. The number of hydrogen-bond donors (Lipinski definition) is 0. The summed E-state index contributed by atoms with van der Waals surface area (Å²) >= 11 is 0. The first-order chi connectivity index (χ1) is 3.68. The third-order valence-corrected chi connectivity index (χ3v) is 0.998. The van der Waals surface area contributed by atoms with Gasteiger partial charge in [-0.1, -0.05) is 6.92 Å². The monoisotopic (exact) mass is 119 g/mol. The molecule has 0 unspecified atom stereocenters. The highest BCUT2D eigenvalue weighted by Gasteiger charge is 2.03. The third kappa shape index (κ3) is 2.97. The molecule has 2 heteroatoms. The molecule has 0 saturated heterocycles. The molecule has 0 heterocycles. The van der Waals surface area contributed by atoms with Crippen molar-refractivity contribution in [3.63, 3.8) is 0 Å². The van der Waals surface area contributed by atoms with Crippen LogP contribution in [0.25, 0.3) is 0 Å². The quantitative estimate of drug-likeness (QED) is 0.513. The SMILES string of the molecule is CCCN(F)C(C)C. The Labute approximate surface area is 50.4 Å². The van der Waals surface area contributed by atoms with Crippen LogP contribution >= 0.6 is 0 Å². The van der Waals surface area contributed by atoms with E-state index in [2.05, 4.69) is 0 Å². The van der Waals surface area contributed by atoms with E-state index in [9.17, 15) is 4.48 Å². The molecule has 0 atom stereocenters. The fraction of sp³-hybridized carbons (Fsp3) is 1.00. The van der Waals surface area contributed by atoms with Crippen molar-refractivity contribution < 1.29 is 4.48 Å². The fourth-order valence-electron chi connectivity index (χ4n) is 0.472. The van der Waals surface area contributed by atoms with Gasteiger partial charge in [-0.25, -0.2) is 0 Å². The van der Waals surface area contributed by atoms with E-state index >= 15 is 0 Å². The Morgan fingerprint density at radius 2 is 2.00 bits per heavy atom. The lowest BCUT2D eigenvalue weighted by Crippen LogP contribution is -2.22. The van der Waals surface area contributed by atoms with Gasteiger partial charge in [-0.05, 0) is 20.3 Å². The van der Waals surface area contributed by atoms with Crippen molar-refractivity contribution in [1.29, 1.82) is 0 Å². The molecule has 0 rings (SSSR count). The molecule has 0 aliphatic rings. The zero-order valence-electron chi connectivity index (χ0n) is 5.82. The van der Waals surface area contributed by atoms with E-state index in [0.717, 1.165) is 11.5 Å². The smallest absolute Gasteiger partial charge is 0.0345 e. The molecule has 0 aromatic carbocycles. The predicted molar refractivity (Wildman–Crippen MR) is 33.2 cm³/mol. The summed E-state index contributed by atoms with van der Waals surface area (Å²) in [5, 5.41) is 0.847. The highest BCUT2D eigenvalue weighted by atomic mass is 19.2. The molecule has 0 N–H and O–H groups in total. The topological polar surface area (TPSA) is 3.24 Å². The minimum Gasteiger partial charge on any atom is -0.144 e. The molecule has 0 aliphatic heterocycles. The van der Waals surface area contributed by atoms with Crippen molar-refractivity contribution in [3.8, 4) is 0 Å². The normalized spacial score (nSPS) is 11.2. The first kappa shape index (κ1) is 7.89. The Bertz CT molecular complexity index is 54.5. The Morgan fingerprint density at radius 3 is 2.12 bits per heavy atom. The molecular formula is C6H14FN. The zero-order chi connectivity index (χ0) is 6.57. The van der Waals surface area contributed by atoms with E-state index in [1.54, 1.807) is 0 Å². The van der Waals surface area contributed by atoms with Crippen LogP contribution in [0.3, 0.4) is 0 Å². The maximum Gasteiger partial charge on any atom is 0.0345 e. The minimum absolute atomic E-state index is 0.0370. The van der Waals surface area contributed by atoms with Gasteiger partial charge in [-0.15, -0.1) is 9.60 Å². The Kier molecular flexibility index (Phi) is 3.79. The standard InChI is InChI=1S/C6H14FN/c1-4-5-8(7)6(2)3/h6H,4-5H2,1-3H3. The average molecular weight is 119 g/mol. The van der Waals surface area contributed by atoms with Crippen LogP contribution in [0.2, 0.25) is 0 Å². The van der Waals surface area contributed by atoms with E-state index in [1.165, 1.54) is 0 Å². The van der Waals surface area contributed by atoms with Gasteiger partial charge in [-0.2, -0.15) is 0 Å². The molecule has 0 aromatic rings. The lowest BCUT2D eigenvalue weighted by atomic mass is 10.3. The van der Waals surface area contributed by atoms with Gasteiger partial charge in [0.15, 0.2) is 0 Å². The van der Waals surface area contributed by atoms with Gasteiger partial charge in [0, 0.05) is 12.6 Å². The summed E-state index contributed by atoms with van der Waals surface area (Å²) < 4.78 is 12.4. The second-order valence-corrected chi connectivity index (χ2v) is 2.22. The van der Waals surface area contributed by atoms with E-state index in [0.29, 0.717) is 6.54 Å². The summed E-state index contributed by atoms with van der Waals surface area (Å²) in [6, 6.07) is 0.0370. The Hall–Kier alpha value is -0.110. The van der Waals surface area contributed by atoms with E-state index < -0.39 is 0 Å². The molecule has 0 amide bonds. The van der Waals surface area contributed by atoms with Gasteiger partial charge >= 0.3 is 0 Å². The molecule has 1 nitrogen and oxygen atoms in total. The second-order valence-electron chi connectivity index (χ2n) is 2.22. The predicted octanol–water partition coefficient (Wildman–Crippen LogP) is 1.99. The maximum absolute atomic E-state index is 12.4. The highest BCUT2D eigenvalue weighted by molar-refractivity contribution is 4.48. The summed E-state index contributed by atoms with van der Waals surface area (Å²) in [6.45, 7) is 6.21. The third-order valence-electron chi connectivity index (χ3n) is 0.998. The van der Waals surface area contributed by atoms with E-state index in [4.69, 9.17) is 0 Å². The zero-order valence-corrected chi connectivity index (χ0v) is 5.82. The van der Waals surface area contributed by atoms with E-state index in [-0.39, 0.29) is 6.04 Å². The largest absolute Gasteiger partial charge is 0.144 e. The molecule has 0 radical (unpaired) electrons. The van der Waals surface area contributed by atoms with Gasteiger partial charge in [0.25, 0.3) is 0 Å². The summed E-state index contributed by atoms with van der Waals surface area (Å²) in [5.74, 6) is 0. The molecule has 0 saturated carbocycles. The van der Waals surface area contributed by atoms with Crippen molar-refractivity contribution in [1.82, 2.24) is 5.12 Å². The van der Waals surface area contributed by atoms with Crippen molar-refractivity contribution in [2.45, 2.75) is 33.2 Å². The van der Waals surface area contributed by atoms with Crippen LogP contribution < -0.4 is 0 Å². The van der Waals surface area contributed by atoms with Crippen molar-refractivity contribution in [3.05, 3.63) is 0 Å². The molecular weight excluding hydrogens is 105 g/mol. The number of halogens is 1. The van der Waals surface area contributed by atoms with E-state index in [1.807, 2.05) is 20.8 Å². The van der Waals surface area contributed by atoms with Gasteiger partial charge < -0.3 is 0 Å². The lowest BCUT2D eigenvalue weighted by molar-refractivity contribution is -0.00756. The molecule has 0 bridgehead atoms. The number of nitrogens with zero attached hydrogens (tertiary/aromatic N) is 1. The summed E-state index contributed by atoms with van der Waals surface area (Å²) in [4.78, 5) is 0. The van der Waals surface area contributed by atoms with Gasteiger partial charge in [-0.3, -0.25) is 0 Å². The van der Waals surface area contributed by atoms with Crippen molar-refractivity contribution in [2.75, 3.05) is 6.54 Å². The highest BCUT2D eigenvalue weighted by Crippen LogP contribution is 1.97. The Balaban J connectivity index is 3.17. The van der Waals surface area contributed by atoms with Crippen LogP contribution in [0.1, 0.15) is 27.2 Å². The second kappa shape index (κ2) is 3.84. The molecule has 8 heavy (non-hydrogen) atoms. The molecule has 0 aromatic heterocycles. The first-order valence-corrected chi connectivity index (χ1v) is 3.11. The molecule has 0 fully saturated rings. The molecule has 0 spiro atoms. The summed E-state index contributed by atoms with van der Waals surface area (Å²) in [6.07, 6.45) is 0.884. The Morgan fingerprint density at radius 1 is 1.50 bits per heavy atom. The van der Waals surface area contributed by atoms with Gasteiger partial charge in [0.1, 0.15) is 0 Å². The minimum atomic E-state index is 0.0370. The van der Waals surface area contributed by atoms with Crippen molar-refractivity contribution >= 4 is 0 Å². The fourth-order valence-corrected chi connectivity index (χ4v) is 0.472. The van der Waals surface area contributed by atoms with Crippen LogP contribution in [0, 0.1) is 0 Å². The van der Waals surface area contributed by atoms with Gasteiger partial charge in [0.2, 0.25) is 0 Å². The maximum atomic E-state index is 12.4. The van der Waals surface area contributed by atoms with Crippen LogP contribution in [0.15, 0.2) is 0 Å².